The fraction of sp³-hybridized carbons (Fsp3) is 0. The van der Waals surface area contributed by atoms with E-state index in [0.29, 0.717) is 27.8 Å². The third-order valence-electron chi connectivity index (χ3n) is 4.77. The average Bonchev–Trinajstić information content (AvgIpc) is 2.82. The van der Waals surface area contributed by atoms with E-state index >= 15 is 0 Å². The van der Waals surface area contributed by atoms with Crippen LogP contribution in [0.3, 0.4) is 0 Å². The second-order valence-corrected chi connectivity index (χ2v) is 6.71. The van der Waals surface area contributed by atoms with Crippen LogP contribution in [0.4, 0.5) is 0 Å². The van der Waals surface area contributed by atoms with Crippen LogP contribution < -0.4 is 5.36 Å². The van der Waals surface area contributed by atoms with Crippen LogP contribution in [0.15, 0.2) is 94.9 Å². The molecule has 5 rings (SSSR count). The van der Waals surface area contributed by atoms with Gasteiger partial charge < -0.3 is 9.62 Å². The molecule has 0 aliphatic heterocycles. The molecule has 0 fully saturated rings. The molecule has 5 heteroatoms. The molecular formula is C25H15N3O2. The molecule has 0 spiro atoms. The normalized spacial score (nSPS) is 11.4. The zero-order chi connectivity index (χ0) is 20.3. The van der Waals surface area contributed by atoms with Crippen LogP contribution in [-0.4, -0.2) is 15.2 Å². The molecule has 1 N–H and O–H groups in total. The molecule has 0 aliphatic rings. The first-order valence-electron chi connectivity index (χ1n) is 9.33. The quantitative estimate of drug-likeness (QED) is 0.256. The van der Waals surface area contributed by atoms with Crippen LogP contribution >= 0.6 is 0 Å². The van der Waals surface area contributed by atoms with Gasteiger partial charge in [0.2, 0.25) is 0 Å². The topological polar surface area (TPSA) is 71.5 Å². The van der Waals surface area contributed by atoms with Crippen molar-refractivity contribution in [3.8, 4) is 23.3 Å². The fourth-order valence-electron chi connectivity index (χ4n) is 3.25. The van der Waals surface area contributed by atoms with Gasteiger partial charge in [0.05, 0.1) is 0 Å². The van der Waals surface area contributed by atoms with E-state index in [1.54, 1.807) is 24.7 Å². The Labute approximate surface area is 172 Å². The standard InChI is InChI=1S/C25H15N3O2/c29-28-22-15-25(23-14-19-3-1-2-4-20(19)16-27-23)30-24-13-18(7-8-21(22)24)6-5-17-9-11-26-12-10-17/h1-4,7-16,29H. The lowest BCUT2D eigenvalue weighted by Crippen LogP contribution is -2.04. The molecule has 0 radical (unpaired) electrons. The molecule has 0 unspecified atom stereocenters. The lowest BCUT2D eigenvalue weighted by Gasteiger charge is -2.05. The van der Waals surface area contributed by atoms with Crippen molar-refractivity contribution in [3.63, 3.8) is 0 Å². The Morgan fingerprint density at radius 1 is 0.833 bits per heavy atom. The predicted molar refractivity (Wildman–Crippen MR) is 115 cm³/mol. The highest BCUT2D eigenvalue weighted by molar-refractivity contribution is 5.85. The van der Waals surface area contributed by atoms with Crippen molar-refractivity contribution in [2.45, 2.75) is 0 Å². The van der Waals surface area contributed by atoms with Gasteiger partial charge in [-0.3, -0.25) is 9.97 Å². The maximum Gasteiger partial charge on any atom is 0.155 e. The summed E-state index contributed by atoms with van der Waals surface area (Å²) in [7, 11) is 0. The van der Waals surface area contributed by atoms with Crippen LogP contribution in [0.2, 0.25) is 0 Å². The Kier molecular flexibility index (Phi) is 4.43. The highest BCUT2D eigenvalue weighted by Gasteiger charge is 2.09. The molecule has 142 valence electrons. The monoisotopic (exact) mass is 389 g/mol. The Balaban J connectivity index is 1.63. The number of hydrogen-bond donors (Lipinski definition) is 1. The van der Waals surface area contributed by atoms with Crippen molar-refractivity contribution >= 4 is 21.7 Å². The second kappa shape index (κ2) is 7.53. The van der Waals surface area contributed by atoms with Gasteiger partial charge in [0.1, 0.15) is 16.6 Å². The lowest BCUT2D eigenvalue weighted by molar-refractivity contribution is 0.302. The minimum atomic E-state index is 0.412. The maximum atomic E-state index is 9.53. The molecule has 2 aromatic carbocycles. The first kappa shape index (κ1) is 17.7. The minimum Gasteiger partial charge on any atom is -0.454 e. The molecule has 5 nitrogen and oxygen atoms in total. The summed E-state index contributed by atoms with van der Waals surface area (Å²) in [5.74, 6) is 6.75. The molecular weight excluding hydrogens is 374 g/mol. The van der Waals surface area contributed by atoms with E-state index in [1.807, 2.05) is 60.7 Å². The van der Waals surface area contributed by atoms with Crippen LogP contribution in [0.5, 0.6) is 0 Å². The lowest BCUT2D eigenvalue weighted by atomic mass is 10.1. The van der Waals surface area contributed by atoms with Gasteiger partial charge in [-0.25, -0.2) is 0 Å². The zero-order valence-corrected chi connectivity index (χ0v) is 15.8. The van der Waals surface area contributed by atoms with Gasteiger partial charge in [-0.05, 0) is 41.8 Å². The highest BCUT2D eigenvalue weighted by Crippen LogP contribution is 2.24. The summed E-state index contributed by atoms with van der Waals surface area (Å²) in [5.41, 5.74) is 2.89. The summed E-state index contributed by atoms with van der Waals surface area (Å²) in [6.07, 6.45) is 5.21. The maximum absolute atomic E-state index is 9.53. The van der Waals surface area contributed by atoms with E-state index in [2.05, 4.69) is 27.0 Å². The van der Waals surface area contributed by atoms with E-state index in [0.717, 1.165) is 21.9 Å². The van der Waals surface area contributed by atoms with E-state index in [-0.39, 0.29) is 0 Å². The van der Waals surface area contributed by atoms with Gasteiger partial charge in [-0.1, -0.05) is 41.3 Å². The molecule has 3 heterocycles. The van der Waals surface area contributed by atoms with Gasteiger partial charge in [0.15, 0.2) is 5.76 Å². The largest absolute Gasteiger partial charge is 0.454 e. The third kappa shape index (κ3) is 3.38. The summed E-state index contributed by atoms with van der Waals surface area (Å²) >= 11 is 0. The summed E-state index contributed by atoms with van der Waals surface area (Å²) < 4.78 is 6.12. The molecule has 0 saturated carbocycles. The highest BCUT2D eigenvalue weighted by atomic mass is 16.4. The molecule has 5 aromatic rings. The van der Waals surface area contributed by atoms with Gasteiger partial charge in [-0.2, -0.15) is 0 Å². The summed E-state index contributed by atoms with van der Waals surface area (Å²) in [6.45, 7) is 0. The predicted octanol–water partition coefficient (Wildman–Crippen LogP) is 4.73. The van der Waals surface area contributed by atoms with Crippen LogP contribution in [0.25, 0.3) is 33.2 Å². The Bertz CT molecular complexity index is 1510. The van der Waals surface area contributed by atoms with Crippen molar-refractivity contribution in [3.05, 3.63) is 102 Å². The van der Waals surface area contributed by atoms with Gasteiger partial charge >= 0.3 is 0 Å². The number of rotatable bonds is 1. The van der Waals surface area contributed by atoms with Crippen molar-refractivity contribution in [2.24, 2.45) is 5.16 Å². The summed E-state index contributed by atoms with van der Waals surface area (Å²) in [4.78, 5) is 8.50. The Hall–Kier alpha value is -4.43. The summed E-state index contributed by atoms with van der Waals surface area (Å²) in [6, 6.07) is 20.9. The molecule has 0 bridgehead atoms. The SMILES string of the molecule is ON=c1cc(-c2cc3ccccc3cn2)oc2cc(C#Cc3ccncc3)ccc12. The summed E-state index contributed by atoms with van der Waals surface area (Å²) in [5, 5.41) is 16.2. The molecule has 30 heavy (non-hydrogen) atoms. The smallest absolute Gasteiger partial charge is 0.155 e. The van der Waals surface area contributed by atoms with Crippen molar-refractivity contribution in [2.75, 3.05) is 0 Å². The number of pyridine rings is 2. The van der Waals surface area contributed by atoms with Crippen molar-refractivity contribution in [1.82, 2.24) is 9.97 Å². The fourth-order valence-corrected chi connectivity index (χ4v) is 3.25. The van der Waals surface area contributed by atoms with Crippen molar-refractivity contribution in [1.29, 1.82) is 0 Å². The molecule has 0 saturated heterocycles. The molecule has 3 aromatic heterocycles. The minimum absolute atomic E-state index is 0.412. The zero-order valence-electron chi connectivity index (χ0n) is 15.8. The number of hydrogen-bond acceptors (Lipinski definition) is 5. The van der Waals surface area contributed by atoms with Crippen LogP contribution in [-0.2, 0) is 0 Å². The van der Waals surface area contributed by atoms with Crippen molar-refractivity contribution < 1.29 is 9.62 Å². The average molecular weight is 389 g/mol. The molecule has 0 aliphatic carbocycles. The first-order chi connectivity index (χ1) is 14.8. The van der Waals surface area contributed by atoms with Crippen LogP contribution in [0, 0.1) is 11.8 Å². The first-order valence-corrected chi connectivity index (χ1v) is 9.33. The number of nitrogens with zero attached hydrogens (tertiary/aromatic N) is 3. The molecule has 0 atom stereocenters. The van der Waals surface area contributed by atoms with E-state index in [1.165, 1.54) is 0 Å². The Morgan fingerprint density at radius 2 is 1.63 bits per heavy atom. The number of aromatic nitrogens is 2. The second-order valence-electron chi connectivity index (χ2n) is 6.71. The van der Waals surface area contributed by atoms with Gasteiger partial charge in [-0.15, -0.1) is 0 Å². The van der Waals surface area contributed by atoms with E-state index in [4.69, 9.17) is 4.42 Å². The molecule has 0 amide bonds. The van der Waals surface area contributed by atoms with E-state index in [9.17, 15) is 5.21 Å². The van der Waals surface area contributed by atoms with Crippen LogP contribution in [0.1, 0.15) is 11.1 Å². The van der Waals surface area contributed by atoms with Gasteiger partial charge in [0.25, 0.3) is 0 Å². The Morgan fingerprint density at radius 3 is 2.47 bits per heavy atom. The number of fused-ring (bicyclic) bond motifs is 2. The van der Waals surface area contributed by atoms with E-state index < -0.39 is 0 Å². The van der Waals surface area contributed by atoms with Gasteiger partial charge in [0, 0.05) is 46.6 Å². The third-order valence-corrected chi connectivity index (χ3v) is 4.77. The number of benzene rings is 2.